The van der Waals surface area contributed by atoms with Crippen LogP contribution in [0, 0.1) is 0 Å². The minimum atomic E-state index is -4.04. The molecule has 0 aromatic rings. The number of aliphatic hydroxyl groups excluding tert-OH is 1. The summed E-state index contributed by atoms with van der Waals surface area (Å²) in [5.74, 6) is -0.934. The van der Waals surface area contributed by atoms with Gasteiger partial charge in [-0.3, -0.25) is 0 Å². The molecular formula is C9H15NaO6S. The Morgan fingerprint density at radius 2 is 2.00 bits per heavy atom. The second-order valence-electron chi connectivity index (χ2n) is 2.65. The first kappa shape index (κ1) is 22.0. The van der Waals surface area contributed by atoms with E-state index in [0.29, 0.717) is 5.57 Å². The first-order chi connectivity index (χ1) is 7.24. The Morgan fingerprint density at radius 1 is 1.53 bits per heavy atom. The number of aliphatic hydroxyl groups is 1. The van der Waals surface area contributed by atoms with Crippen molar-refractivity contribution in [2.45, 2.75) is 6.92 Å². The van der Waals surface area contributed by atoms with Gasteiger partial charge in [-0.25, -0.2) is 13.2 Å². The van der Waals surface area contributed by atoms with E-state index in [2.05, 4.69) is 17.9 Å². The Kier molecular flexibility index (Phi) is 15.9. The van der Waals surface area contributed by atoms with Gasteiger partial charge in [0, 0.05) is 5.57 Å². The van der Waals surface area contributed by atoms with Gasteiger partial charge in [0.25, 0.3) is 0 Å². The normalized spacial score (nSPS) is 9.12. The Labute approximate surface area is 123 Å². The van der Waals surface area contributed by atoms with E-state index < -0.39 is 21.8 Å². The Balaban J connectivity index is -0.000000224. The van der Waals surface area contributed by atoms with Gasteiger partial charge in [-0.15, -0.1) is 6.58 Å². The van der Waals surface area contributed by atoms with E-state index in [1.807, 2.05) is 0 Å². The van der Waals surface area contributed by atoms with Crippen LogP contribution in [0.5, 0.6) is 0 Å². The SMILES string of the molecule is C=C(C)C(=O)OCCO.C=CCS(=O)(=O)[O-].[Na+]. The molecule has 17 heavy (non-hydrogen) atoms. The summed E-state index contributed by atoms with van der Waals surface area (Å²) in [7, 11) is -4.04. The van der Waals surface area contributed by atoms with E-state index in [9.17, 15) is 17.8 Å². The van der Waals surface area contributed by atoms with Crippen LogP contribution in [0.15, 0.2) is 24.8 Å². The Bertz CT molecular complexity index is 335. The standard InChI is InChI=1S/C6H10O3.C3H6O3S.Na/c1-5(2)6(8)9-4-3-7;1-2-3-7(4,5)6;/h7H,1,3-4H2,2H3;2H,1,3H2,(H,4,5,6);/q;;+1/p-1. The van der Waals surface area contributed by atoms with Crippen molar-refractivity contribution in [1.82, 2.24) is 0 Å². The van der Waals surface area contributed by atoms with E-state index in [1.165, 1.54) is 0 Å². The molecule has 0 amide bonds. The van der Waals surface area contributed by atoms with Gasteiger partial charge in [0.1, 0.15) is 6.61 Å². The number of ether oxygens (including phenoxy) is 1. The molecule has 0 saturated carbocycles. The van der Waals surface area contributed by atoms with E-state index in [0.717, 1.165) is 6.08 Å². The quantitative estimate of drug-likeness (QED) is 0.186. The maximum Gasteiger partial charge on any atom is 1.00 e. The third-order valence-electron chi connectivity index (χ3n) is 0.995. The monoisotopic (exact) mass is 274 g/mol. The predicted molar refractivity (Wildman–Crippen MR) is 57.6 cm³/mol. The van der Waals surface area contributed by atoms with Crippen molar-refractivity contribution in [3.8, 4) is 0 Å². The zero-order valence-corrected chi connectivity index (χ0v) is 12.8. The molecule has 0 fully saturated rings. The molecule has 0 unspecified atom stereocenters. The maximum absolute atomic E-state index is 10.5. The first-order valence-corrected chi connectivity index (χ1v) is 5.80. The topological polar surface area (TPSA) is 104 Å². The van der Waals surface area contributed by atoms with Gasteiger partial charge in [-0.1, -0.05) is 12.7 Å². The van der Waals surface area contributed by atoms with Crippen molar-refractivity contribution in [3.05, 3.63) is 24.8 Å². The smallest absolute Gasteiger partial charge is 0.748 e. The van der Waals surface area contributed by atoms with Crippen molar-refractivity contribution in [2.24, 2.45) is 0 Å². The summed E-state index contributed by atoms with van der Waals surface area (Å²) in [5.41, 5.74) is 0.350. The number of esters is 1. The molecule has 0 saturated heterocycles. The van der Waals surface area contributed by atoms with Crippen LogP contribution < -0.4 is 29.6 Å². The number of carbonyl (C=O) groups is 1. The molecule has 0 aromatic carbocycles. The van der Waals surface area contributed by atoms with Crippen molar-refractivity contribution in [2.75, 3.05) is 19.0 Å². The summed E-state index contributed by atoms with van der Waals surface area (Å²) in [5, 5.41) is 8.19. The molecule has 0 rings (SSSR count). The number of carbonyl (C=O) groups excluding carboxylic acids is 1. The van der Waals surface area contributed by atoms with E-state index in [1.54, 1.807) is 6.92 Å². The van der Waals surface area contributed by atoms with Crippen LogP contribution >= 0.6 is 0 Å². The number of hydrogen-bond donors (Lipinski definition) is 1. The maximum atomic E-state index is 10.5. The minimum absolute atomic E-state index is 0. The molecule has 94 valence electrons. The van der Waals surface area contributed by atoms with Gasteiger partial charge < -0.3 is 14.4 Å². The Morgan fingerprint density at radius 3 is 2.18 bits per heavy atom. The molecule has 0 aromatic heterocycles. The van der Waals surface area contributed by atoms with Crippen LogP contribution in [-0.4, -0.2) is 43.0 Å². The fourth-order valence-corrected chi connectivity index (χ4v) is 0.695. The zero-order valence-electron chi connectivity index (χ0n) is 10.0. The largest absolute Gasteiger partial charge is 1.00 e. The second kappa shape index (κ2) is 12.3. The zero-order chi connectivity index (χ0) is 13.2. The van der Waals surface area contributed by atoms with Crippen molar-refractivity contribution in [3.63, 3.8) is 0 Å². The molecule has 0 heterocycles. The third-order valence-corrected chi connectivity index (χ3v) is 1.64. The van der Waals surface area contributed by atoms with Gasteiger partial charge in [0.2, 0.25) is 0 Å². The van der Waals surface area contributed by atoms with E-state index in [-0.39, 0.29) is 42.8 Å². The van der Waals surface area contributed by atoms with Gasteiger partial charge in [0.05, 0.1) is 22.5 Å². The van der Waals surface area contributed by atoms with Gasteiger partial charge >= 0.3 is 35.5 Å². The number of rotatable bonds is 5. The van der Waals surface area contributed by atoms with E-state index in [4.69, 9.17) is 5.11 Å². The Hall–Kier alpha value is -0.180. The van der Waals surface area contributed by atoms with Crippen molar-refractivity contribution in [1.29, 1.82) is 0 Å². The van der Waals surface area contributed by atoms with Crippen LogP contribution in [-0.2, 0) is 19.6 Å². The average molecular weight is 274 g/mol. The molecule has 0 radical (unpaired) electrons. The van der Waals surface area contributed by atoms with Crippen molar-refractivity contribution >= 4 is 16.1 Å². The third kappa shape index (κ3) is 21.6. The molecule has 0 spiro atoms. The molecule has 8 heteroatoms. The molecule has 0 aliphatic carbocycles. The fraction of sp³-hybridized carbons (Fsp3) is 0.444. The van der Waals surface area contributed by atoms with E-state index >= 15 is 0 Å². The summed E-state index contributed by atoms with van der Waals surface area (Å²) >= 11 is 0. The molecule has 0 aliphatic heterocycles. The molecule has 0 bridgehead atoms. The van der Waals surface area contributed by atoms with Gasteiger partial charge in [-0.2, -0.15) is 0 Å². The fourth-order valence-electron chi connectivity index (χ4n) is 0.406. The molecule has 0 atom stereocenters. The van der Waals surface area contributed by atoms with Crippen LogP contribution in [0.1, 0.15) is 6.92 Å². The number of hydrogen-bond acceptors (Lipinski definition) is 6. The van der Waals surface area contributed by atoms with Crippen molar-refractivity contribution < 1.29 is 57.2 Å². The molecule has 6 nitrogen and oxygen atoms in total. The van der Waals surface area contributed by atoms with Crippen LogP contribution in [0.2, 0.25) is 0 Å². The summed E-state index contributed by atoms with van der Waals surface area (Å²) in [4.78, 5) is 10.5. The van der Waals surface area contributed by atoms with Crippen LogP contribution in [0.25, 0.3) is 0 Å². The van der Waals surface area contributed by atoms with Crippen LogP contribution in [0.4, 0.5) is 0 Å². The average Bonchev–Trinajstić information content (AvgIpc) is 2.13. The summed E-state index contributed by atoms with van der Waals surface area (Å²) in [6.07, 6.45) is 1.06. The summed E-state index contributed by atoms with van der Waals surface area (Å²) in [6, 6.07) is 0. The van der Waals surface area contributed by atoms with Gasteiger partial charge in [-0.05, 0) is 6.92 Å². The molecular weight excluding hydrogens is 259 g/mol. The second-order valence-corrected chi connectivity index (χ2v) is 4.10. The first-order valence-electron chi connectivity index (χ1n) is 4.22. The van der Waals surface area contributed by atoms with Gasteiger partial charge in [0.15, 0.2) is 0 Å². The molecule has 0 aliphatic rings. The summed E-state index contributed by atoms with van der Waals surface area (Å²) < 4.78 is 33.3. The minimum Gasteiger partial charge on any atom is -0.748 e. The van der Waals surface area contributed by atoms with Crippen LogP contribution in [0.3, 0.4) is 0 Å². The predicted octanol–water partition coefficient (Wildman–Crippen LogP) is -3.18. The summed E-state index contributed by atoms with van der Waals surface area (Å²) in [6.45, 7) is 7.88. The molecule has 1 N–H and O–H groups in total.